The topological polar surface area (TPSA) is 102 Å². The van der Waals surface area contributed by atoms with Gasteiger partial charge in [0.2, 0.25) is 0 Å². The molecule has 21 heavy (non-hydrogen) atoms. The number of hydrogen-bond donors (Lipinski definition) is 2. The van der Waals surface area contributed by atoms with E-state index in [1.165, 1.54) is 23.5 Å². The molecule has 0 spiro atoms. The molecule has 0 unspecified atom stereocenters. The summed E-state index contributed by atoms with van der Waals surface area (Å²) in [6, 6.07) is 3.71. The number of nitrogens with zero attached hydrogens (tertiary/aromatic N) is 1. The summed E-state index contributed by atoms with van der Waals surface area (Å²) in [4.78, 5) is 13.6. The third-order valence-corrected chi connectivity index (χ3v) is 5.44. The number of ether oxygens (including phenoxy) is 1. The number of nitrogen functional groups attached to an aromatic ring is 2. The smallest absolute Gasteiger partial charge is 0.350 e. The van der Waals surface area contributed by atoms with Gasteiger partial charge in [0.1, 0.15) is 6.07 Å². The lowest BCUT2D eigenvalue weighted by molar-refractivity contribution is -0.142. The van der Waals surface area contributed by atoms with Gasteiger partial charge in [-0.25, -0.2) is 4.79 Å². The monoisotopic (exact) mass is 321 g/mol. The number of nitrogens with two attached hydrogens (primary N) is 2. The molecule has 0 amide bonds. The van der Waals surface area contributed by atoms with Crippen LogP contribution in [0.1, 0.15) is 19.4 Å². The number of hydrogen-bond acceptors (Lipinski definition) is 7. The van der Waals surface area contributed by atoms with E-state index in [0.717, 1.165) is 15.4 Å². The van der Waals surface area contributed by atoms with Gasteiger partial charge in [-0.15, -0.1) is 0 Å². The van der Waals surface area contributed by atoms with Crippen molar-refractivity contribution in [1.82, 2.24) is 0 Å². The minimum Gasteiger partial charge on any atom is -0.459 e. The Balaban J connectivity index is 2.44. The molecule has 1 aromatic rings. The van der Waals surface area contributed by atoms with E-state index in [-0.39, 0.29) is 11.7 Å². The fourth-order valence-corrected chi connectivity index (χ4v) is 4.38. The molecule has 0 radical (unpaired) electrons. The van der Waals surface area contributed by atoms with E-state index in [1.807, 2.05) is 13.0 Å². The largest absolute Gasteiger partial charge is 0.459 e. The second-order valence-corrected chi connectivity index (χ2v) is 7.09. The zero-order valence-corrected chi connectivity index (χ0v) is 13.5. The molecule has 2 rings (SSSR count). The fourth-order valence-electron chi connectivity index (χ4n) is 1.77. The minimum atomic E-state index is -0.621. The first kappa shape index (κ1) is 15.6. The molecule has 4 N–H and O–H groups in total. The van der Waals surface area contributed by atoms with E-state index in [0.29, 0.717) is 15.6 Å². The Morgan fingerprint density at radius 1 is 1.33 bits per heavy atom. The zero-order chi connectivity index (χ0) is 15.7. The molecule has 0 aliphatic carbocycles. The molecule has 0 aromatic heterocycles. The lowest BCUT2D eigenvalue weighted by Crippen LogP contribution is -2.13. The number of benzene rings is 1. The summed E-state index contributed by atoms with van der Waals surface area (Å²) in [7, 11) is 0. The molecular formula is C14H15N3O2S2. The third-order valence-electron chi connectivity index (χ3n) is 2.76. The first-order chi connectivity index (χ1) is 9.85. The average Bonchev–Trinajstić information content (AvgIpc) is 2.81. The van der Waals surface area contributed by atoms with Crippen molar-refractivity contribution >= 4 is 40.9 Å². The molecule has 110 valence electrons. The number of esters is 1. The molecule has 1 aliphatic heterocycles. The van der Waals surface area contributed by atoms with Crippen molar-refractivity contribution in [2.75, 3.05) is 11.5 Å². The molecule has 5 nitrogen and oxygen atoms in total. The Morgan fingerprint density at radius 2 is 1.95 bits per heavy atom. The second-order valence-electron chi connectivity index (χ2n) is 4.79. The summed E-state index contributed by atoms with van der Waals surface area (Å²) in [5.74, 6) is -0.621. The number of anilines is 2. The van der Waals surface area contributed by atoms with Crippen LogP contribution in [0.15, 0.2) is 25.7 Å². The van der Waals surface area contributed by atoms with Gasteiger partial charge < -0.3 is 16.2 Å². The maximum Gasteiger partial charge on any atom is 0.350 e. The van der Waals surface area contributed by atoms with Crippen LogP contribution in [0, 0.1) is 18.3 Å². The third kappa shape index (κ3) is 2.96. The van der Waals surface area contributed by atoms with Crippen molar-refractivity contribution in [2.45, 2.75) is 36.7 Å². The molecule has 0 saturated heterocycles. The van der Waals surface area contributed by atoms with Crippen LogP contribution in [0.3, 0.4) is 0 Å². The lowest BCUT2D eigenvalue weighted by atomic mass is 10.2. The van der Waals surface area contributed by atoms with Gasteiger partial charge in [0.15, 0.2) is 5.57 Å². The molecule has 1 heterocycles. The van der Waals surface area contributed by atoms with Crippen molar-refractivity contribution in [3.05, 3.63) is 21.4 Å². The van der Waals surface area contributed by atoms with E-state index < -0.39 is 5.97 Å². The van der Waals surface area contributed by atoms with Gasteiger partial charge in [0.05, 0.1) is 20.1 Å². The first-order valence-electron chi connectivity index (χ1n) is 6.24. The van der Waals surface area contributed by atoms with Crippen LogP contribution in [0.5, 0.6) is 0 Å². The van der Waals surface area contributed by atoms with Crippen molar-refractivity contribution in [1.29, 1.82) is 5.26 Å². The molecule has 0 fully saturated rings. The number of carbonyl (C=O) groups excluding carboxylic acids is 1. The maximum absolute atomic E-state index is 12.0. The van der Waals surface area contributed by atoms with Gasteiger partial charge in [0, 0.05) is 11.4 Å². The number of carbonyl (C=O) groups is 1. The molecule has 7 heteroatoms. The summed E-state index contributed by atoms with van der Waals surface area (Å²) in [5, 5.41) is 9.24. The van der Waals surface area contributed by atoms with E-state index in [9.17, 15) is 10.1 Å². The Hall–Kier alpha value is -1.78. The maximum atomic E-state index is 12.0. The van der Waals surface area contributed by atoms with E-state index in [1.54, 1.807) is 19.9 Å². The Labute approximate surface area is 131 Å². The molecule has 0 saturated carbocycles. The Morgan fingerprint density at radius 3 is 2.52 bits per heavy atom. The minimum absolute atomic E-state index is 0.00801. The quantitative estimate of drug-likeness (QED) is 0.373. The summed E-state index contributed by atoms with van der Waals surface area (Å²) in [6.45, 7) is 5.35. The first-order valence-corrected chi connectivity index (χ1v) is 7.88. The van der Waals surface area contributed by atoms with Crippen LogP contribution >= 0.6 is 23.5 Å². The summed E-state index contributed by atoms with van der Waals surface area (Å²) < 4.78 is 5.65. The van der Waals surface area contributed by atoms with Gasteiger partial charge in [-0.3, -0.25) is 0 Å². The van der Waals surface area contributed by atoms with E-state index in [2.05, 4.69) is 0 Å². The van der Waals surface area contributed by atoms with Crippen LogP contribution in [0.4, 0.5) is 11.4 Å². The van der Waals surface area contributed by atoms with Crippen LogP contribution in [-0.2, 0) is 9.53 Å². The van der Waals surface area contributed by atoms with Gasteiger partial charge in [-0.1, -0.05) is 23.5 Å². The average molecular weight is 321 g/mol. The zero-order valence-electron chi connectivity index (χ0n) is 11.9. The second kappa shape index (κ2) is 5.92. The highest BCUT2D eigenvalue weighted by Crippen LogP contribution is 2.57. The predicted molar refractivity (Wildman–Crippen MR) is 85.6 cm³/mol. The number of thioether (sulfide) groups is 2. The summed E-state index contributed by atoms with van der Waals surface area (Å²) >= 11 is 2.58. The highest BCUT2D eigenvalue weighted by molar-refractivity contribution is 8.25. The van der Waals surface area contributed by atoms with Crippen molar-refractivity contribution < 1.29 is 9.53 Å². The number of rotatable bonds is 2. The SMILES string of the molecule is Cc1cc(N)c2c(c1N)S/C(=C(/C#N)C(=O)OC(C)C)S2. The van der Waals surface area contributed by atoms with Crippen LogP contribution in [0.25, 0.3) is 0 Å². The fraction of sp³-hybridized carbons (Fsp3) is 0.286. The number of fused-ring (bicyclic) bond motifs is 1. The Bertz CT molecular complexity index is 690. The molecule has 1 aliphatic rings. The van der Waals surface area contributed by atoms with Crippen molar-refractivity contribution in [3.8, 4) is 6.07 Å². The Kier molecular flexibility index (Phi) is 4.40. The van der Waals surface area contributed by atoms with E-state index >= 15 is 0 Å². The number of nitriles is 1. The van der Waals surface area contributed by atoms with E-state index in [4.69, 9.17) is 16.2 Å². The number of aryl methyl sites for hydroxylation is 1. The standard InChI is InChI=1S/C14H15N3O2S2/c1-6(2)19-13(18)8(5-15)14-20-11-9(16)4-7(3)10(17)12(11)21-14/h4,6H,16-17H2,1-3H3/b14-8-. The van der Waals surface area contributed by atoms with Crippen LogP contribution in [-0.4, -0.2) is 12.1 Å². The summed E-state index contributed by atoms with van der Waals surface area (Å²) in [5.41, 5.74) is 14.1. The van der Waals surface area contributed by atoms with Gasteiger partial charge >= 0.3 is 5.97 Å². The van der Waals surface area contributed by atoms with Crippen molar-refractivity contribution in [2.24, 2.45) is 0 Å². The van der Waals surface area contributed by atoms with Gasteiger partial charge in [-0.05, 0) is 32.4 Å². The lowest BCUT2D eigenvalue weighted by Gasteiger charge is -2.07. The highest BCUT2D eigenvalue weighted by Gasteiger charge is 2.29. The van der Waals surface area contributed by atoms with Gasteiger partial charge in [0.25, 0.3) is 0 Å². The molecular weight excluding hydrogens is 306 g/mol. The van der Waals surface area contributed by atoms with Crippen LogP contribution < -0.4 is 11.5 Å². The van der Waals surface area contributed by atoms with Crippen molar-refractivity contribution in [3.63, 3.8) is 0 Å². The normalized spacial score (nSPS) is 15.6. The molecule has 0 bridgehead atoms. The summed E-state index contributed by atoms with van der Waals surface area (Å²) in [6.07, 6.45) is -0.280. The predicted octanol–water partition coefficient (Wildman–Crippen LogP) is 3.04. The molecule has 0 atom stereocenters. The van der Waals surface area contributed by atoms with Crippen LogP contribution in [0.2, 0.25) is 0 Å². The van der Waals surface area contributed by atoms with Gasteiger partial charge in [-0.2, -0.15) is 5.26 Å². The molecule has 1 aromatic carbocycles. The highest BCUT2D eigenvalue weighted by atomic mass is 32.2.